The molecule has 27 heavy (non-hydrogen) atoms. The molecule has 0 aliphatic heterocycles. The van der Waals surface area contributed by atoms with Gasteiger partial charge >= 0.3 is 0 Å². The van der Waals surface area contributed by atoms with Crippen LogP contribution in [0.4, 0.5) is 17.2 Å². The van der Waals surface area contributed by atoms with Gasteiger partial charge in [0.2, 0.25) is 5.91 Å². The van der Waals surface area contributed by atoms with Crippen LogP contribution in [0.15, 0.2) is 34.8 Å². The lowest BCUT2D eigenvalue weighted by atomic mass is 10.2. The molecule has 1 unspecified atom stereocenters. The number of benzene rings is 1. The molecule has 3 aromatic rings. The van der Waals surface area contributed by atoms with Crippen molar-refractivity contribution >= 4 is 56.4 Å². The summed E-state index contributed by atoms with van der Waals surface area (Å²) >= 11 is 2.58. The number of thioether (sulfide) groups is 1. The topological polar surface area (TPSA) is 133 Å². The summed E-state index contributed by atoms with van der Waals surface area (Å²) in [7, 11) is 1.42. The van der Waals surface area contributed by atoms with Gasteiger partial charge in [-0.3, -0.25) is 14.9 Å². The van der Waals surface area contributed by atoms with Crippen LogP contribution >= 0.6 is 23.1 Å². The molecule has 0 radical (unpaired) electrons. The second-order valence-electron chi connectivity index (χ2n) is 5.42. The van der Waals surface area contributed by atoms with E-state index < -0.39 is 10.2 Å². The Kier molecular flexibility index (Phi) is 5.42. The van der Waals surface area contributed by atoms with Crippen molar-refractivity contribution in [3.63, 3.8) is 0 Å². The molecule has 11 heteroatoms. The zero-order chi connectivity index (χ0) is 19.6. The summed E-state index contributed by atoms with van der Waals surface area (Å²) in [4.78, 5) is 32.3. The van der Waals surface area contributed by atoms with E-state index >= 15 is 0 Å². The summed E-state index contributed by atoms with van der Waals surface area (Å²) in [5.74, 6) is 0.315. The summed E-state index contributed by atoms with van der Waals surface area (Å²) < 4.78 is 5.15. The van der Waals surface area contributed by atoms with E-state index in [1.165, 1.54) is 36.6 Å². The number of hydrogen-bond donors (Lipinski definition) is 2. The third kappa shape index (κ3) is 4.09. The number of non-ortho nitro benzene ring substituents is 1. The Bertz CT molecular complexity index is 1020. The molecular formula is C16H15N5O4S2. The highest BCUT2D eigenvalue weighted by Crippen LogP contribution is 2.31. The summed E-state index contributed by atoms with van der Waals surface area (Å²) in [5.41, 5.74) is 5.99. The number of nitrogen functional groups attached to an aromatic ring is 1. The van der Waals surface area contributed by atoms with Crippen molar-refractivity contribution in [2.45, 2.75) is 17.3 Å². The second kappa shape index (κ2) is 7.76. The molecule has 1 aromatic carbocycles. The Morgan fingerprint density at radius 2 is 2.19 bits per heavy atom. The number of rotatable bonds is 6. The molecule has 3 N–H and O–H groups in total. The SMILES string of the molecule is COc1ccc([N+](=O)[O-])cc1NC(=O)C(C)Sc1nc(N)c2ccsc2n1. The third-order valence-corrected chi connectivity index (χ3v) is 5.40. The third-order valence-electron chi connectivity index (χ3n) is 3.64. The first-order chi connectivity index (χ1) is 12.9. The quantitative estimate of drug-likeness (QED) is 0.276. The number of nitro benzene ring substituents is 1. The zero-order valence-corrected chi connectivity index (χ0v) is 16.0. The Labute approximate surface area is 162 Å². The Hall–Kier alpha value is -2.92. The lowest BCUT2D eigenvalue weighted by Crippen LogP contribution is -2.23. The van der Waals surface area contributed by atoms with Crippen molar-refractivity contribution in [2.24, 2.45) is 0 Å². The molecule has 2 heterocycles. The monoisotopic (exact) mass is 405 g/mol. The minimum atomic E-state index is -0.564. The molecule has 0 aliphatic rings. The molecule has 2 aromatic heterocycles. The van der Waals surface area contributed by atoms with Crippen molar-refractivity contribution in [3.8, 4) is 5.75 Å². The number of aromatic nitrogens is 2. The van der Waals surface area contributed by atoms with Crippen molar-refractivity contribution in [2.75, 3.05) is 18.2 Å². The van der Waals surface area contributed by atoms with Crippen LogP contribution < -0.4 is 15.8 Å². The van der Waals surface area contributed by atoms with Crippen LogP contribution in [0.2, 0.25) is 0 Å². The highest BCUT2D eigenvalue weighted by atomic mass is 32.2. The minimum Gasteiger partial charge on any atom is -0.495 e. The number of fused-ring (bicyclic) bond motifs is 1. The maximum absolute atomic E-state index is 12.5. The van der Waals surface area contributed by atoms with Crippen LogP contribution in [0.5, 0.6) is 5.75 Å². The van der Waals surface area contributed by atoms with Gasteiger partial charge in [-0.2, -0.15) is 0 Å². The van der Waals surface area contributed by atoms with E-state index in [0.717, 1.165) is 22.0 Å². The highest BCUT2D eigenvalue weighted by molar-refractivity contribution is 8.00. The van der Waals surface area contributed by atoms with E-state index in [9.17, 15) is 14.9 Å². The molecule has 0 bridgehead atoms. The van der Waals surface area contributed by atoms with Gasteiger partial charge in [-0.05, 0) is 24.4 Å². The second-order valence-corrected chi connectivity index (χ2v) is 7.62. The molecule has 3 rings (SSSR count). The molecule has 0 spiro atoms. The first kappa shape index (κ1) is 18.9. The first-order valence-electron chi connectivity index (χ1n) is 7.69. The zero-order valence-electron chi connectivity index (χ0n) is 14.3. The number of nitro groups is 1. The summed E-state index contributed by atoms with van der Waals surface area (Å²) in [6.07, 6.45) is 0. The number of methoxy groups -OCH3 is 1. The standard InChI is InChI=1S/C16H15N5O4S2/c1-8(27-16-19-13(17)10-5-6-26-15(10)20-16)14(22)18-11-7-9(21(23)24)3-4-12(11)25-2/h3-8H,1-2H3,(H,18,22)(H2,17,19,20). The van der Waals surface area contributed by atoms with Gasteiger partial charge in [-0.1, -0.05) is 11.8 Å². The van der Waals surface area contributed by atoms with Crippen molar-refractivity contribution in [1.29, 1.82) is 0 Å². The summed E-state index contributed by atoms with van der Waals surface area (Å²) in [6.45, 7) is 1.68. The molecular weight excluding hydrogens is 390 g/mol. The summed E-state index contributed by atoms with van der Waals surface area (Å²) in [5, 5.41) is 16.1. The smallest absolute Gasteiger partial charge is 0.271 e. The van der Waals surface area contributed by atoms with E-state index in [4.69, 9.17) is 10.5 Å². The van der Waals surface area contributed by atoms with Gasteiger partial charge in [0.15, 0.2) is 5.16 Å². The fourth-order valence-corrected chi connectivity index (χ4v) is 3.87. The van der Waals surface area contributed by atoms with Gasteiger partial charge in [0.25, 0.3) is 5.69 Å². The fourth-order valence-electron chi connectivity index (χ4n) is 2.26. The summed E-state index contributed by atoms with van der Waals surface area (Å²) in [6, 6.07) is 5.83. The van der Waals surface area contributed by atoms with Crippen LogP contribution in [0.3, 0.4) is 0 Å². The van der Waals surface area contributed by atoms with Gasteiger partial charge in [0, 0.05) is 12.1 Å². The molecule has 0 saturated heterocycles. The van der Waals surface area contributed by atoms with E-state index in [0.29, 0.717) is 16.7 Å². The number of nitrogens with one attached hydrogen (secondary N) is 1. The fraction of sp³-hybridized carbons (Fsp3) is 0.188. The first-order valence-corrected chi connectivity index (χ1v) is 9.45. The van der Waals surface area contributed by atoms with Crippen LogP contribution in [0, 0.1) is 10.1 Å². The number of amides is 1. The van der Waals surface area contributed by atoms with Crippen molar-refractivity contribution < 1.29 is 14.5 Å². The number of ether oxygens (including phenoxy) is 1. The number of carbonyl (C=O) groups is 1. The average molecular weight is 405 g/mol. The maximum Gasteiger partial charge on any atom is 0.271 e. The molecule has 0 aliphatic carbocycles. The van der Waals surface area contributed by atoms with Gasteiger partial charge in [-0.15, -0.1) is 11.3 Å². The molecule has 140 valence electrons. The van der Waals surface area contributed by atoms with E-state index in [-0.39, 0.29) is 17.3 Å². The molecule has 0 fully saturated rings. The van der Waals surface area contributed by atoms with Gasteiger partial charge in [-0.25, -0.2) is 9.97 Å². The number of nitrogens with two attached hydrogens (primary N) is 1. The normalized spacial score (nSPS) is 11.9. The highest BCUT2D eigenvalue weighted by Gasteiger charge is 2.20. The molecule has 9 nitrogen and oxygen atoms in total. The van der Waals surface area contributed by atoms with Gasteiger partial charge in [0.05, 0.1) is 28.4 Å². The van der Waals surface area contributed by atoms with Crippen LogP contribution in [-0.4, -0.2) is 33.2 Å². The Morgan fingerprint density at radius 1 is 1.41 bits per heavy atom. The lowest BCUT2D eigenvalue weighted by Gasteiger charge is -2.13. The predicted molar refractivity (Wildman–Crippen MR) is 105 cm³/mol. The van der Waals surface area contributed by atoms with Gasteiger partial charge in [0.1, 0.15) is 16.4 Å². The number of anilines is 2. The van der Waals surface area contributed by atoms with Gasteiger partial charge < -0.3 is 15.8 Å². The largest absolute Gasteiger partial charge is 0.495 e. The number of carbonyl (C=O) groups excluding carboxylic acids is 1. The van der Waals surface area contributed by atoms with Crippen molar-refractivity contribution in [1.82, 2.24) is 9.97 Å². The molecule has 0 saturated carbocycles. The van der Waals surface area contributed by atoms with Crippen LogP contribution in [0.1, 0.15) is 6.92 Å². The van der Waals surface area contributed by atoms with E-state index in [1.807, 2.05) is 11.4 Å². The Balaban J connectivity index is 1.77. The lowest BCUT2D eigenvalue weighted by molar-refractivity contribution is -0.384. The average Bonchev–Trinajstić information content (AvgIpc) is 3.10. The number of nitrogens with zero attached hydrogens (tertiary/aromatic N) is 3. The number of thiophene rings is 1. The maximum atomic E-state index is 12.5. The van der Waals surface area contributed by atoms with Crippen LogP contribution in [-0.2, 0) is 4.79 Å². The van der Waals surface area contributed by atoms with Crippen LogP contribution in [0.25, 0.3) is 10.2 Å². The van der Waals surface area contributed by atoms with Crippen molar-refractivity contribution in [3.05, 3.63) is 39.8 Å². The number of hydrogen-bond acceptors (Lipinski definition) is 9. The van der Waals surface area contributed by atoms with E-state index in [2.05, 4.69) is 15.3 Å². The Morgan fingerprint density at radius 3 is 2.89 bits per heavy atom. The predicted octanol–water partition coefficient (Wildman–Crippen LogP) is 3.31. The molecule has 1 atom stereocenters. The minimum absolute atomic E-state index is 0.148. The molecule has 1 amide bonds. The van der Waals surface area contributed by atoms with E-state index in [1.54, 1.807) is 6.92 Å².